The number of allylic oxidation sites excluding steroid dienone is 1. The smallest absolute Gasteiger partial charge is 0.269 e. The molecule has 0 fully saturated rings. The van der Waals surface area contributed by atoms with Crippen LogP contribution in [0.1, 0.15) is 25.7 Å². The maximum Gasteiger partial charge on any atom is 0.269 e. The molecule has 10 heavy (non-hydrogen) atoms. The number of halogens is 1. The molecule has 0 saturated heterocycles. The predicted octanol–water partition coefficient (Wildman–Crippen LogP) is 2.74. The van der Waals surface area contributed by atoms with Gasteiger partial charge in [-0.05, 0) is 25.3 Å². The Hall–Kier alpha value is -0.370. The fraction of sp³-hybridized carbons (Fsp3) is 0.714. The van der Waals surface area contributed by atoms with E-state index in [2.05, 4.69) is 0 Å². The third kappa shape index (κ3) is 7.63. The number of aliphatic hydroxyl groups excluding tert-OH is 1. The SMILES string of the molecule is OC(O)=CCCCCCCl. The maximum atomic E-state index is 8.30. The molecule has 0 bridgehead atoms. The fourth-order valence-corrected chi connectivity index (χ4v) is 0.836. The van der Waals surface area contributed by atoms with Gasteiger partial charge in [-0.2, -0.15) is 0 Å². The monoisotopic (exact) mass is 164 g/mol. The van der Waals surface area contributed by atoms with E-state index in [1.807, 2.05) is 0 Å². The van der Waals surface area contributed by atoms with Crippen LogP contribution in [0.25, 0.3) is 0 Å². The maximum absolute atomic E-state index is 8.30. The number of aliphatic hydroxyl groups is 2. The summed E-state index contributed by atoms with van der Waals surface area (Å²) in [6, 6.07) is 0. The highest BCUT2D eigenvalue weighted by Gasteiger charge is 1.87. The van der Waals surface area contributed by atoms with Crippen LogP contribution in [0.4, 0.5) is 0 Å². The van der Waals surface area contributed by atoms with Gasteiger partial charge < -0.3 is 10.2 Å². The van der Waals surface area contributed by atoms with Crippen molar-refractivity contribution in [1.29, 1.82) is 0 Å². The van der Waals surface area contributed by atoms with E-state index < -0.39 is 5.95 Å². The van der Waals surface area contributed by atoms with Crippen LogP contribution in [0.5, 0.6) is 0 Å². The number of rotatable bonds is 5. The molecule has 0 heterocycles. The zero-order valence-corrected chi connectivity index (χ0v) is 6.64. The first-order valence-electron chi connectivity index (χ1n) is 3.41. The highest BCUT2D eigenvalue weighted by Crippen LogP contribution is 2.02. The molecule has 3 heteroatoms. The Morgan fingerprint density at radius 1 is 1.20 bits per heavy atom. The van der Waals surface area contributed by atoms with Crippen molar-refractivity contribution < 1.29 is 10.2 Å². The van der Waals surface area contributed by atoms with Crippen molar-refractivity contribution in [3.63, 3.8) is 0 Å². The molecule has 0 aliphatic heterocycles. The summed E-state index contributed by atoms with van der Waals surface area (Å²) in [5, 5.41) is 16.6. The fourth-order valence-electron chi connectivity index (χ4n) is 0.647. The van der Waals surface area contributed by atoms with Crippen LogP contribution in [0.15, 0.2) is 12.0 Å². The number of unbranched alkanes of at least 4 members (excludes halogenated alkanes) is 3. The quantitative estimate of drug-likeness (QED) is 0.373. The Morgan fingerprint density at radius 3 is 2.40 bits per heavy atom. The van der Waals surface area contributed by atoms with E-state index in [1.54, 1.807) is 0 Å². The van der Waals surface area contributed by atoms with Crippen molar-refractivity contribution in [2.45, 2.75) is 25.7 Å². The standard InChI is InChI=1S/C7H13ClO2/c8-6-4-2-1-3-5-7(9)10/h5,9-10H,1-4,6H2. The minimum Gasteiger partial charge on any atom is -0.481 e. The van der Waals surface area contributed by atoms with Gasteiger partial charge in [0.15, 0.2) is 0 Å². The van der Waals surface area contributed by atoms with Crippen LogP contribution in [-0.4, -0.2) is 16.1 Å². The average Bonchev–Trinajstić information content (AvgIpc) is 1.87. The van der Waals surface area contributed by atoms with E-state index in [0.717, 1.165) is 25.7 Å². The van der Waals surface area contributed by atoms with E-state index >= 15 is 0 Å². The molecule has 0 aliphatic rings. The van der Waals surface area contributed by atoms with E-state index in [-0.39, 0.29) is 0 Å². The lowest BCUT2D eigenvalue weighted by Crippen LogP contribution is -1.79. The van der Waals surface area contributed by atoms with Crippen LogP contribution in [-0.2, 0) is 0 Å². The largest absolute Gasteiger partial charge is 0.481 e. The lowest BCUT2D eigenvalue weighted by atomic mass is 10.2. The highest BCUT2D eigenvalue weighted by atomic mass is 35.5. The van der Waals surface area contributed by atoms with Gasteiger partial charge in [0.25, 0.3) is 5.95 Å². The molecule has 2 N–H and O–H groups in total. The van der Waals surface area contributed by atoms with E-state index in [1.165, 1.54) is 6.08 Å². The molecule has 0 spiro atoms. The second-order valence-electron chi connectivity index (χ2n) is 2.10. The first-order chi connectivity index (χ1) is 4.77. The summed E-state index contributed by atoms with van der Waals surface area (Å²) in [4.78, 5) is 0. The van der Waals surface area contributed by atoms with Gasteiger partial charge in [-0.15, -0.1) is 11.6 Å². The van der Waals surface area contributed by atoms with Gasteiger partial charge in [0, 0.05) is 5.88 Å². The molecule has 0 rings (SSSR count). The summed E-state index contributed by atoms with van der Waals surface area (Å²) in [6.45, 7) is 0. The summed E-state index contributed by atoms with van der Waals surface area (Å²) < 4.78 is 0. The van der Waals surface area contributed by atoms with Crippen LogP contribution < -0.4 is 0 Å². The molecule has 2 nitrogen and oxygen atoms in total. The molecule has 0 unspecified atom stereocenters. The van der Waals surface area contributed by atoms with Crippen molar-refractivity contribution in [3.05, 3.63) is 12.0 Å². The summed E-state index contributed by atoms with van der Waals surface area (Å²) >= 11 is 5.43. The molecule has 60 valence electrons. The lowest BCUT2D eigenvalue weighted by molar-refractivity contribution is 0.189. The van der Waals surface area contributed by atoms with Gasteiger partial charge in [-0.1, -0.05) is 6.42 Å². The summed E-state index contributed by atoms with van der Waals surface area (Å²) in [7, 11) is 0. The minimum absolute atomic E-state index is 0.578. The summed E-state index contributed by atoms with van der Waals surface area (Å²) in [5.41, 5.74) is 0. The van der Waals surface area contributed by atoms with Gasteiger partial charge >= 0.3 is 0 Å². The molecule has 0 amide bonds. The molecule has 0 radical (unpaired) electrons. The molecule has 0 aromatic carbocycles. The van der Waals surface area contributed by atoms with Gasteiger partial charge in [0.2, 0.25) is 0 Å². The second-order valence-corrected chi connectivity index (χ2v) is 2.48. The number of hydrogen-bond acceptors (Lipinski definition) is 2. The summed E-state index contributed by atoms with van der Waals surface area (Å²) in [6.07, 6.45) is 5.14. The topological polar surface area (TPSA) is 40.5 Å². The van der Waals surface area contributed by atoms with Crippen LogP contribution in [0.3, 0.4) is 0 Å². The van der Waals surface area contributed by atoms with E-state index in [9.17, 15) is 0 Å². The van der Waals surface area contributed by atoms with E-state index in [0.29, 0.717) is 5.88 Å². The summed E-state index contributed by atoms with van der Waals surface area (Å²) in [5.74, 6) is 0.111. The molecular weight excluding hydrogens is 152 g/mol. The van der Waals surface area contributed by atoms with E-state index in [4.69, 9.17) is 21.8 Å². The number of alkyl halides is 1. The van der Waals surface area contributed by atoms with Gasteiger partial charge in [0.05, 0.1) is 0 Å². The van der Waals surface area contributed by atoms with Gasteiger partial charge in [-0.25, -0.2) is 0 Å². The van der Waals surface area contributed by atoms with Crippen molar-refractivity contribution >= 4 is 11.6 Å². The Kier molecular flexibility index (Phi) is 6.50. The molecule has 0 aromatic rings. The Morgan fingerprint density at radius 2 is 1.90 bits per heavy atom. The number of hydrogen-bond donors (Lipinski definition) is 2. The molecule has 0 aliphatic carbocycles. The van der Waals surface area contributed by atoms with Crippen molar-refractivity contribution in [3.8, 4) is 0 Å². The molecular formula is C7H13ClO2. The predicted molar refractivity (Wildman–Crippen MR) is 42.5 cm³/mol. The van der Waals surface area contributed by atoms with Gasteiger partial charge in [-0.3, -0.25) is 0 Å². The van der Waals surface area contributed by atoms with Crippen LogP contribution in [0.2, 0.25) is 0 Å². The Balaban J connectivity index is 2.98. The van der Waals surface area contributed by atoms with Crippen molar-refractivity contribution in [1.82, 2.24) is 0 Å². The normalized spacial score (nSPS) is 9.30. The first-order valence-corrected chi connectivity index (χ1v) is 3.95. The molecule has 0 saturated carbocycles. The third-order valence-corrected chi connectivity index (χ3v) is 1.43. The first kappa shape index (κ1) is 9.63. The van der Waals surface area contributed by atoms with Crippen LogP contribution >= 0.6 is 11.6 Å². The van der Waals surface area contributed by atoms with Crippen molar-refractivity contribution in [2.24, 2.45) is 0 Å². The third-order valence-electron chi connectivity index (χ3n) is 1.16. The van der Waals surface area contributed by atoms with Crippen molar-refractivity contribution in [2.75, 3.05) is 5.88 Å². The highest BCUT2D eigenvalue weighted by molar-refractivity contribution is 6.17. The zero-order chi connectivity index (χ0) is 7.82. The Bertz CT molecular complexity index is 97.8. The minimum atomic E-state index is -0.578. The molecule has 0 aromatic heterocycles. The second kappa shape index (κ2) is 6.75. The lowest BCUT2D eigenvalue weighted by Gasteiger charge is -1.92. The van der Waals surface area contributed by atoms with Crippen LogP contribution in [0, 0.1) is 0 Å². The Labute approximate surface area is 66.1 Å². The average molecular weight is 165 g/mol. The zero-order valence-electron chi connectivity index (χ0n) is 5.89. The van der Waals surface area contributed by atoms with Gasteiger partial charge in [0.1, 0.15) is 0 Å². The molecule has 0 atom stereocenters.